The first-order valence-electron chi connectivity index (χ1n) is 8.97. The third-order valence-corrected chi connectivity index (χ3v) is 4.99. The van der Waals surface area contributed by atoms with Gasteiger partial charge in [-0.05, 0) is 30.3 Å². The molecule has 1 heterocycles. The number of ketones is 1. The fraction of sp³-hybridized carbons (Fsp3) is 0.333. The van der Waals surface area contributed by atoms with Gasteiger partial charge in [0, 0.05) is 24.4 Å². The summed E-state index contributed by atoms with van der Waals surface area (Å²) >= 11 is 3.36. The number of hydrogen-bond donors (Lipinski definition) is 0. The fourth-order valence-corrected chi connectivity index (χ4v) is 3.37. The molecule has 0 aromatic heterocycles. The van der Waals surface area contributed by atoms with Crippen LogP contribution in [-0.4, -0.2) is 50.0 Å². The molecular weight excluding hydrogens is 426 g/mol. The van der Waals surface area contributed by atoms with Crippen LogP contribution in [0.25, 0.3) is 0 Å². The SMILES string of the molecule is COc1ccc(Br)cc1C(=O)CCC(=O)N(C)C[C@@H]1COc2ccccc2O1. The van der Waals surface area contributed by atoms with Crippen molar-refractivity contribution in [1.82, 2.24) is 4.90 Å². The van der Waals surface area contributed by atoms with E-state index in [1.165, 1.54) is 7.11 Å². The van der Waals surface area contributed by atoms with Crippen LogP contribution >= 0.6 is 15.9 Å². The molecule has 28 heavy (non-hydrogen) atoms. The molecule has 148 valence electrons. The third kappa shape index (κ3) is 4.84. The summed E-state index contributed by atoms with van der Waals surface area (Å²) in [5.74, 6) is 1.63. The van der Waals surface area contributed by atoms with E-state index >= 15 is 0 Å². The number of ether oxygens (including phenoxy) is 3. The van der Waals surface area contributed by atoms with Gasteiger partial charge < -0.3 is 19.1 Å². The van der Waals surface area contributed by atoms with Crippen molar-refractivity contribution in [2.24, 2.45) is 0 Å². The molecule has 0 saturated heterocycles. The van der Waals surface area contributed by atoms with E-state index < -0.39 is 0 Å². The van der Waals surface area contributed by atoms with Crippen LogP contribution in [0.15, 0.2) is 46.9 Å². The number of rotatable bonds is 7. The fourth-order valence-electron chi connectivity index (χ4n) is 3.00. The minimum atomic E-state index is -0.246. The molecule has 0 fully saturated rings. The van der Waals surface area contributed by atoms with Crippen LogP contribution < -0.4 is 14.2 Å². The number of para-hydroxylation sites is 2. The van der Waals surface area contributed by atoms with Crippen LogP contribution in [0.2, 0.25) is 0 Å². The summed E-state index contributed by atoms with van der Waals surface area (Å²) in [6.07, 6.45) is -0.0135. The summed E-state index contributed by atoms with van der Waals surface area (Å²) in [7, 11) is 3.22. The largest absolute Gasteiger partial charge is 0.496 e. The summed E-state index contributed by atoms with van der Waals surface area (Å²) in [6.45, 7) is 0.768. The van der Waals surface area contributed by atoms with Crippen molar-refractivity contribution in [1.29, 1.82) is 0 Å². The monoisotopic (exact) mass is 447 g/mol. The number of halogens is 1. The third-order valence-electron chi connectivity index (χ3n) is 4.50. The molecule has 2 aromatic rings. The number of amides is 1. The predicted octanol–water partition coefficient (Wildman–Crippen LogP) is 3.72. The van der Waals surface area contributed by atoms with E-state index in [0.29, 0.717) is 36.0 Å². The molecule has 0 aliphatic carbocycles. The second-order valence-corrected chi connectivity index (χ2v) is 7.46. The number of hydrogen-bond acceptors (Lipinski definition) is 5. The zero-order valence-electron chi connectivity index (χ0n) is 15.8. The molecule has 1 atom stereocenters. The molecule has 3 rings (SSSR count). The number of nitrogens with zero attached hydrogens (tertiary/aromatic N) is 1. The summed E-state index contributed by atoms with van der Waals surface area (Å²) < 4.78 is 17.6. The summed E-state index contributed by atoms with van der Waals surface area (Å²) in [4.78, 5) is 26.5. The maximum Gasteiger partial charge on any atom is 0.222 e. The van der Waals surface area contributed by atoms with Gasteiger partial charge in [0.2, 0.25) is 5.91 Å². The normalized spacial score (nSPS) is 15.0. The molecule has 0 bridgehead atoms. The molecule has 0 spiro atoms. The molecule has 1 aliphatic rings. The van der Waals surface area contributed by atoms with Gasteiger partial charge in [-0.3, -0.25) is 9.59 Å². The van der Waals surface area contributed by atoms with Crippen LogP contribution in [0.5, 0.6) is 17.2 Å². The molecule has 0 saturated carbocycles. The van der Waals surface area contributed by atoms with Crippen molar-refractivity contribution in [3.63, 3.8) is 0 Å². The Hall–Kier alpha value is -2.54. The number of fused-ring (bicyclic) bond motifs is 1. The van der Waals surface area contributed by atoms with E-state index in [4.69, 9.17) is 14.2 Å². The maximum atomic E-state index is 12.5. The smallest absolute Gasteiger partial charge is 0.222 e. The van der Waals surface area contributed by atoms with Gasteiger partial charge in [0.05, 0.1) is 19.2 Å². The number of carbonyl (C=O) groups is 2. The molecule has 0 unspecified atom stereocenters. The first kappa shape index (κ1) is 20.2. The van der Waals surface area contributed by atoms with Gasteiger partial charge >= 0.3 is 0 Å². The Bertz CT molecular complexity index is 870. The van der Waals surface area contributed by atoms with Crippen molar-refractivity contribution in [3.8, 4) is 17.2 Å². The molecule has 0 N–H and O–H groups in total. The van der Waals surface area contributed by atoms with Crippen LogP contribution in [0, 0.1) is 0 Å². The van der Waals surface area contributed by atoms with E-state index in [1.807, 2.05) is 24.3 Å². The van der Waals surface area contributed by atoms with Gasteiger partial charge in [-0.1, -0.05) is 28.1 Å². The minimum absolute atomic E-state index is 0.112. The highest BCUT2D eigenvalue weighted by Gasteiger charge is 2.24. The molecule has 1 aliphatic heterocycles. The maximum absolute atomic E-state index is 12.5. The first-order valence-corrected chi connectivity index (χ1v) is 9.76. The van der Waals surface area contributed by atoms with Crippen molar-refractivity contribution in [2.45, 2.75) is 18.9 Å². The molecule has 7 heteroatoms. The number of Topliss-reactive ketones (excluding diaryl/α,β-unsaturated/α-hetero) is 1. The van der Waals surface area contributed by atoms with Crippen LogP contribution in [0.3, 0.4) is 0 Å². The number of carbonyl (C=O) groups excluding carboxylic acids is 2. The van der Waals surface area contributed by atoms with Crippen molar-refractivity contribution >= 4 is 27.6 Å². The minimum Gasteiger partial charge on any atom is -0.496 e. The Morgan fingerprint density at radius 3 is 2.68 bits per heavy atom. The van der Waals surface area contributed by atoms with Gasteiger partial charge in [-0.25, -0.2) is 0 Å². The van der Waals surface area contributed by atoms with Gasteiger partial charge in [0.1, 0.15) is 12.4 Å². The number of likely N-dealkylation sites (N-methyl/N-ethyl adjacent to an activating group) is 1. The Morgan fingerprint density at radius 2 is 1.93 bits per heavy atom. The molecule has 0 radical (unpaired) electrons. The van der Waals surface area contributed by atoms with E-state index in [1.54, 1.807) is 30.1 Å². The van der Waals surface area contributed by atoms with E-state index in [0.717, 1.165) is 4.47 Å². The van der Waals surface area contributed by atoms with Gasteiger partial charge in [-0.15, -0.1) is 0 Å². The summed E-state index contributed by atoms with van der Waals surface area (Å²) in [6, 6.07) is 12.7. The van der Waals surface area contributed by atoms with Crippen molar-refractivity contribution in [3.05, 3.63) is 52.5 Å². The van der Waals surface area contributed by atoms with Gasteiger partial charge in [0.25, 0.3) is 0 Å². The quantitative estimate of drug-likeness (QED) is 0.605. The Labute approximate surface area is 172 Å². The standard InChI is InChI=1S/C21H22BrNO5/c1-23(12-15-13-27-19-5-3-4-6-20(19)28-15)21(25)10-8-17(24)16-11-14(22)7-9-18(16)26-2/h3-7,9,11,15H,8,10,12-13H2,1-2H3/t15-/m1/s1. The lowest BCUT2D eigenvalue weighted by molar-refractivity contribution is -0.131. The van der Waals surface area contributed by atoms with Crippen LogP contribution in [0.4, 0.5) is 0 Å². The average molecular weight is 448 g/mol. The molecule has 1 amide bonds. The topological polar surface area (TPSA) is 65.1 Å². The highest BCUT2D eigenvalue weighted by molar-refractivity contribution is 9.10. The lowest BCUT2D eigenvalue weighted by Gasteiger charge is -2.29. The Morgan fingerprint density at radius 1 is 1.18 bits per heavy atom. The second-order valence-electron chi connectivity index (χ2n) is 6.54. The highest BCUT2D eigenvalue weighted by Crippen LogP contribution is 2.31. The number of benzene rings is 2. The molecule has 6 nitrogen and oxygen atoms in total. The van der Waals surface area contributed by atoms with Crippen LogP contribution in [0.1, 0.15) is 23.2 Å². The second kappa shape index (κ2) is 9.10. The van der Waals surface area contributed by atoms with E-state index in [2.05, 4.69) is 15.9 Å². The first-order chi connectivity index (χ1) is 13.5. The zero-order chi connectivity index (χ0) is 20.1. The Kier molecular flexibility index (Phi) is 6.57. The number of methoxy groups -OCH3 is 1. The van der Waals surface area contributed by atoms with Crippen molar-refractivity contribution < 1.29 is 23.8 Å². The summed E-state index contributed by atoms with van der Waals surface area (Å²) in [5.41, 5.74) is 0.466. The zero-order valence-corrected chi connectivity index (χ0v) is 17.4. The van der Waals surface area contributed by atoms with Crippen LogP contribution in [-0.2, 0) is 4.79 Å². The summed E-state index contributed by atoms with van der Waals surface area (Å²) in [5, 5.41) is 0. The predicted molar refractivity (Wildman–Crippen MR) is 108 cm³/mol. The van der Waals surface area contributed by atoms with Crippen molar-refractivity contribution in [2.75, 3.05) is 27.3 Å². The molecular formula is C21H22BrNO5. The highest BCUT2D eigenvalue weighted by atomic mass is 79.9. The average Bonchev–Trinajstić information content (AvgIpc) is 2.71. The lowest BCUT2D eigenvalue weighted by atomic mass is 10.1. The Balaban J connectivity index is 1.52. The molecule has 2 aromatic carbocycles. The van der Waals surface area contributed by atoms with Gasteiger partial charge in [-0.2, -0.15) is 0 Å². The van der Waals surface area contributed by atoms with Gasteiger partial charge in [0.15, 0.2) is 23.4 Å². The lowest BCUT2D eigenvalue weighted by Crippen LogP contribution is -2.41. The van der Waals surface area contributed by atoms with E-state index in [-0.39, 0.29) is 30.6 Å². The van der Waals surface area contributed by atoms with E-state index in [9.17, 15) is 9.59 Å².